The zero-order chi connectivity index (χ0) is 20.1. The first-order valence-corrected chi connectivity index (χ1v) is 9.87. The topological polar surface area (TPSA) is 72.4 Å². The van der Waals surface area contributed by atoms with Crippen LogP contribution in [0.1, 0.15) is 18.9 Å². The number of likely N-dealkylation sites (tertiary alicyclic amines) is 1. The number of rotatable bonds is 3. The maximum absolute atomic E-state index is 13.8. The summed E-state index contributed by atoms with van der Waals surface area (Å²) in [5.41, 5.74) is 1.74. The predicted molar refractivity (Wildman–Crippen MR) is 114 cm³/mol. The number of aromatic nitrogens is 3. The highest BCUT2D eigenvalue weighted by atomic mass is 16.5. The second kappa shape index (κ2) is 6.77. The van der Waals surface area contributed by atoms with Crippen molar-refractivity contribution < 1.29 is 9.47 Å². The fraction of sp³-hybridized carbons (Fsp3) is 0.364. The second-order valence-electron chi connectivity index (χ2n) is 7.72. The van der Waals surface area contributed by atoms with Gasteiger partial charge in [0, 0.05) is 34.6 Å². The summed E-state index contributed by atoms with van der Waals surface area (Å²) >= 11 is 0. The Morgan fingerprint density at radius 3 is 2.41 bits per heavy atom. The van der Waals surface area contributed by atoms with Crippen LogP contribution < -0.4 is 15.0 Å². The van der Waals surface area contributed by atoms with E-state index in [0.29, 0.717) is 16.9 Å². The van der Waals surface area contributed by atoms with Crippen LogP contribution in [-0.4, -0.2) is 53.8 Å². The summed E-state index contributed by atoms with van der Waals surface area (Å²) in [6.07, 6.45) is 5.61. The van der Waals surface area contributed by atoms with Crippen molar-refractivity contribution in [2.24, 2.45) is 0 Å². The van der Waals surface area contributed by atoms with E-state index in [1.165, 1.54) is 0 Å². The van der Waals surface area contributed by atoms with Crippen molar-refractivity contribution in [1.29, 1.82) is 0 Å². The normalized spacial score (nSPS) is 16.1. The average molecular weight is 392 g/mol. The van der Waals surface area contributed by atoms with Crippen LogP contribution >= 0.6 is 0 Å². The molecule has 0 amide bonds. The lowest BCUT2D eigenvalue weighted by Crippen LogP contribution is -2.35. The van der Waals surface area contributed by atoms with Gasteiger partial charge in [-0.25, -0.2) is 4.98 Å². The van der Waals surface area contributed by atoms with Gasteiger partial charge in [-0.1, -0.05) is 0 Å². The third kappa shape index (κ3) is 2.68. The van der Waals surface area contributed by atoms with E-state index in [1.54, 1.807) is 20.3 Å². The van der Waals surface area contributed by atoms with E-state index >= 15 is 0 Å². The summed E-state index contributed by atoms with van der Waals surface area (Å²) in [6.45, 7) is 1.95. The van der Waals surface area contributed by atoms with Gasteiger partial charge in [0.05, 0.1) is 25.1 Å². The van der Waals surface area contributed by atoms with Gasteiger partial charge in [-0.2, -0.15) is 0 Å². The van der Waals surface area contributed by atoms with Crippen LogP contribution in [0.15, 0.2) is 35.4 Å². The van der Waals surface area contributed by atoms with Gasteiger partial charge in [-0.05, 0) is 51.2 Å². The maximum atomic E-state index is 13.8. The van der Waals surface area contributed by atoms with E-state index in [4.69, 9.17) is 9.47 Å². The van der Waals surface area contributed by atoms with Crippen molar-refractivity contribution in [3.63, 3.8) is 0 Å². The molecule has 0 bridgehead atoms. The first-order chi connectivity index (χ1) is 14.1. The average Bonchev–Trinajstić information content (AvgIpc) is 3.23. The molecule has 0 aliphatic carbocycles. The monoisotopic (exact) mass is 392 g/mol. The molecule has 5 rings (SSSR count). The number of piperidine rings is 1. The van der Waals surface area contributed by atoms with Crippen LogP contribution in [0.4, 0.5) is 0 Å². The minimum atomic E-state index is 0.0108. The number of ether oxygens (including phenoxy) is 2. The van der Waals surface area contributed by atoms with Crippen molar-refractivity contribution in [3.8, 4) is 11.5 Å². The molecule has 7 nitrogen and oxygen atoms in total. The van der Waals surface area contributed by atoms with Crippen LogP contribution in [0, 0.1) is 0 Å². The number of nitrogens with zero attached hydrogens (tertiary/aromatic N) is 3. The van der Waals surface area contributed by atoms with E-state index in [1.807, 2.05) is 29.1 Å². The van der Waals surface area contributed by atoms with Crippen molar-refractivity contribution in [1.82, 2.24) is 19.4 Å². The van der Waals surface area contributed by atoms with Gasteiger partial charge in [0.25, 0.3) is 5.56 Å². The zero-order valence-electron chi connectivity index (χ0n) is 16.9. The summed E-state index contributed by atoms with van der Waals surface area (Å²) in [5, 5.41) is 3.38. The van der Waals surface area contributed by atoms with Gasteiger partial charge < -0.3 is 23.9 Å². The highest BCUT2D eigenvalue weighted by Crippen LogP contribution is 2.37. The molecule has 0 saturated carbocycles. The van der Waals surface area contributed by atoms with E-state index in [2.05, 4.69) is 21.9 Å². The number of pyridine rings is 2. The number of aromatic amines is 1. The Bertz CT molecular complexity index is 1280. The van der Waals surface area contributed by atoms with E-state index in [0.717, 1.165) is 53.3 Å². The molecule has 1 aromatic carbocycles. The van der Waals surface area contributed by atoms with Gasteiger partial charge in [0.1, 0.15) is 5.65 Å². The summed E-state index contributed by atoms with van der Waals surface area (Å²) < 4.78 is 13.0. The molecule has 1 aliphatic heterocycles. The molecular formula is C22H24N4O3. The minimum absolute atomic E-state index is 0.0108. The summed E-state index contributed by atoms with van der Waals surface area (Å²) in [4.78, 5) is 23.9. The first-order valence-electron chi connectivity index (χ1n) is 9.87. The molecule has 1 aliphatic rings. The van der Waals surface area contributed by atoms with E-state index in [9.17, 15) is 4.79 Å². The molecule has 1 fully saturated rings. The van der Waals surface area contributed by atoms with Gasteiger partial charge in [-0.15, -0.1) is 0 Å². The van der Waals surface area contributed by atoms with Crippen LogP contribution in [0.3, 0.4) is 0 Å². The fourth-order valence-electron chi connectivity index (χ4n) is 4.56. The first kappa shape index (κ1) is 18.0. The molecule has 29 heavy (non-hydrogen) atoms. The number of nitrogens with one attached hydrogen (secondary N) is 1. The lowest BCUT2D eigenvalue weighted by Gasteiger charge is -2.31. The lowest BCUT2D eigenvalue weighted by atomic mass is 10.0. The van der Waals surface area contributed by atoms with Crippen LogP contribution in [0.5, 0.6) is 11.5 Å². The van der Waals surface area contributed by atoms with Gasteiger partial charge >= 0.3 is 0 Å². The SMILES string of the molecule is COc1cc2c(=O)n(C3CCN(C)CC3)c3c4cc[nH]c4ncc3c2cc1OC. The standard InChI is InChI=1S/C22H24N4O3/c1-25-8-5-13(6-9-25)26-20-14-4-7-23-21(14)24-12-17(20)15-10-18(28-2)19(29-3)11-16(15)22(26)27/h4,7,10-13H,5-6,8-9H2,1-3H3,(H,23,24). The highest BCUT2D eigenvalue weighted by molar-refractivity contribution is 6.14. The van der Waals surface area contributed by atoms with Crippen molar-refractivity contribution in [2.45, 2.75) is 18.9 Å². The number of H-pyrrole nitrogens is 1. The van der Waals surface area contributed by atoms with Crippen LogP contribution in [-0.2, 0) is 0 Å². The Hall–Kier alpha value is -3.06. The number of hydrogen-bond donors (Lipinski definition) is 1. The second-order valence-corrected chi connectivity index (χ2v) is 7.72. The molecule has 4 aromatic rings. The smallest absolute Gasteiger partial charge is 0.259 e. The molecule has 7 heteroatoms. The Morgan fingerprint density at radius 1 is 1.03 bits per heavy atom. The largest absolute Gasteiger partial charge is 0.493 e. The maximum Gasteiger partial charge on any atom is 0.259 e. The molecule has 150 valence electrons. The minimum Gasteiger partial charge on any atom is -0.493 e. The van der Waals surface area contributed by atoms with Gasteiger partial charge in [-0.3, -0.25) is 4.79 Å². The highest BCUT2D eigenvalue weighted by Gasteiger charge is 2.25. The van der Waals surface area contributed by atoms with Crippen LogP contribution in [0.25, 0.3) is 32.7 Å². The summed E-state index contributed by atoms with van der Waals surface area (Å²) in [5.74, 6) is 1.16. The third-order valence-electron chi connectivity index (χ3n) is 6.12. The molecule has 0 atom stereocenters. The summed E-state index contributed by atoms with van der Waals surface area (Å²) in [6, 6.07) is 5.83. The number of benzene rings is 1. The Labute approximate surface area is 167 Å². The number of hydrogen-bond acceptors (Lipinski definition) is 5. The van der Waals surface area contributed by atoms with E-state index in [-0.39, 0.29) is 11.6 Å². The summed E-state index contributed by atoms with van der Waals surface area (Å²) in [7, 11) is 5.32. The Balaban J connectivity index is 1.93. The molecule has 3 aromatic heterocycles. The van der Waals surface area contributed by atoms with Crippen molar-refractivity contribution >= 4 is 32.7 Å². The predicted octanol–water partition coefficient (Wildman–Crippen LogP) is 3.31. The Morgan fingerprint density at radius 2 is 1.72 bits per heavy atom. The molecule has 1 N–H and O–H groups in total. The molecule has 0 unspecified atom stereocenters. The molecular weight excluding hydrogens is 368 g/mol. The number of fused-ring (bicyclic) bond motifs is 5. The van der Waals surface area contributed by atoms with Crippen molar-refractivity contribution in [3.05, 3.63) is 40.9 Å². The van der Waals surface area contributed by atoms with Gasteiger partial charge in [0.2, 0.25) is 0 Å². The molecule has 1 saturated heterocycles. The van der Waals surface area contributed by atoms with Gasteiger partial charge in [0.15, 0.2) is 11.5 Å². The van der Waals surface area contributed by atoms with E-state index < -0.39 is 0 Å². The Kier molecular flexibility index (Phi) is 4.20. The lowest BCUT2D eigenvalue weighted by molar-refractivity contribution is 0.222. The zero-order valence-corrected chi connectivity index (χ0v) is 16.9. The molecule has 0 radical (unpaired) electrons. The van der Waals surface area contributed by atoms with Crippen molar-refractivity contribution in [2.75, 3.05) is 34.4 Å². The molecule has 4 heterocycles. The quantitative estimate of drug-likeness (QED) is 0.542. The number of methoxy groups -OCH3 is 2. The third-order valence-corrected chi connectivity index (χ3v) is 6.12. The molecule has 0 spiro atoms. The fourth-order valence-corrected chi connectivity index (χ4v) is 4.56. The van der Waals surface area contributed by atoms with Crippen LogP contribution in [0.2, 0.25) is 0 Å².